The van der Waals surface area contributed by atoms with E-state index in [2.05, 4.69) is 35.8 Å². The first kappa shape index (κ1) is 11.3. The monoisotopic (exact) mass is 219 g/mol. The molecule has 0 amide bonds. The number of benzene rings is 1. The highest BCUT2D eigenvalue weighted by Crippen LogP contribution is 2.21. The Balaban J connectivity index is 2.08. The Hall–Kier alpha value is -1.22. The van der Waals surface area contributed by atoms with Crippen LogP contribution in [0.3, 0.4) is 0 Å². The van der Waals surface area contributed by atoms with Gasteiger partial charge in [-0.1, -0.05) is 6.92 Å². The molecule has 1 aliphatic rings. The van der Waals surface area contributed by atoms with Gasteiger partial charge in [0.15, 0.2) is 0 Å². The molecule has 3 nitrogen and oxygen atoms in total. The molecule has 1 saturated heterocycles. The van der Waals surface area contributed by atoms with E-state index in [1.807, 2.05) is 6.07 Å². The average molecular weight is 219 g/mol. The number of nitrogen functional groups attached to an aromatic ring is 1. The van der Waals surface area contributed by atoms with E-state index in [0.717, 1.165) is 38.4 Å². The van der Waals surface area contributed by atoms with Crippen LogP contribution in [0.15, 0.2) is 18.2 Å². The Morgan fingerprint density at radius 2 is 1.81 bits per heavy atom. The fourth-order valence-electron chi connectivity index (χ4n) is 2.30. The largest absolute Gasteiger partial charge is 0.399 e. The van der Waals surface area contributed by atoms with Crippen LogP contribution in [-0.4, -0.2) is 37.6 Å². The van der Waals surface area contributed by atoms with Gasteiger partial charge in [-0.2, -0.15) is 0 Å². The molecule has 0 unspecified atom stereocenters. The molecule has 1 fully saturated rings. The van der Waals surface area contributed by atoms with Crippen molar-refractivity contribution < 1.29 is 0 Å². The number of hydrogen-bond acceptors (Lipinski definition) is 3. The van der Waals surface area contributed by atoms with Gasteiger partial charge in [-0.25, -0.2) is 0 Å². The van der Waals surface area contributed by atoms with Crippen molar-refractivity contribution in [2.45, 2.75) is 13.8 Å². The van der Waals surface area contributed by atoms with Gasteiger partial charge in [0, 0.05) is 37.6 Å². The van der Waals surface area contributed by atoms with Gasteiger partial charge in [0.25, 0.3) is 0 Å². The van der Waals surface area contributed by atoms with Crippen LogP contribution in [0.2, 0.25) is 0 Å². The maximum Gasteiger partial charge on any atom is 0.0390 e. The SMILES string of the molecule is CCN1CCN(c2cc(C)cc(N)c2)CC1. The van der Waals surface area contributed by atoms with E-state index in [1.165, 1.54) is 11.3 Å². The topological polar surface area (TPSA) is 32.5 Å². The Labute approximate surface area is 97.8 Å². The minimum Gasteiger partial charge on any atom is -0.399 e. The number of piperazine rings is 1. The highest BCUT2D eigenvalue weighted by atomic mass is 15.3. The number of likely N-dealkylation sites (N-methyl/N-ethyl adjacent to an activating group) is 1. The van der Waals surface area contributed by atoms with Crippen molar-refractivity contribution in [3.05, 3.63) is 23.8 Å². The molecule has 0 atom stereocenters. The van der Waals surface area contributed by atoms with E-state index >= 15 is 0 Å². The van der Waals surface area contributed by atoms with E-state index < -0.39 is 0 Å². The summed E-state index contributed by atoms with van der Waals surface area (Å²) in [4.78, 5) is 4.91. The fraction of sp³-hybridized carbons (Fsp3) is 0.538. The number of rotatable bonds is 2. The van der Waals surface area contributed by atoms with Gasteiger partial charge in [-0.15, -0.1) is 0 Å². The smallest absolute Gasteiger partial charge is 0.0390 e. The zero-order chi connectivity index (χ0) is 11.5. The molecule has 16 heavy (non-hydrogen) atoms. The first-order valence-electron chi connectivity index (χ1n) is 6.03. The van der Waals surface area contributed by atoms with Crippen LogP contribution in [-0.2, 0) is 0 Å². The first-order chi connectivity index (χ1) is 7.69. The van der Waals surface area contributed by atoms with Gasteiger partial charge < -0.3 is 15.5 Å². The molecule has 2 rings (SSSR count). The maximum absolute atomic E-state index is 5.88. The van der Waals surface area contributed by atoms with Crippen LogP contribution >= 0.6 is 0 Å². The van der Waals surface area contributed by atoms with E-state index in [9.17, 15) is 0 Å². The van der Waals surface area contributed by atoms with Crippen LogP contribution in [0.5, 0.6) is 0 Å². The third-order valence-electron chi connectivity index (χ3n) is 3.27. The average Bonchev–Trinajstić information content (AvgIpc) is 2.28. The summed E-state index contributed by atoms with van der Waals surface area (Å²) in [5.74, 6) is 0. The molecule has 2 N–H and O–H groups in total. The molecule has 3 heteroatoms. The van der Waals surface area contributed by atoms with Gasteiger partial charge in [0.2, 0.25) is 0 Å². The molecule has 1 aliphatic heterocycles. The van der Waals surface area contributed by atoms with Crippen molar-refractivity contribution in [1.29, 1.82) is 0 Å². The Morgan fingerprint density at radius 1 is 1.12 bits per heavy atom. The summed E-state index contributed by atoms with van der Waals surface area (Å²) in [6.07, 6.45) is 0. The molecule has 0 aliphatic carbocycles. The van der Waals surface area contributed by atoms with Crippen molar-refractivity contribution in [3.8, 4) is 0 Å². The first-order valence-corrected chi connectivity index (χ1v) is 6.03. The van der Waals surface area contributed by atoms with Gasteiger partial charge >= 0.3 is 0 Å². The third-order valence-corrected chi connectivity index (χ3v) is 3.27. The van der Waals surface area contributed by atoms with Crippen molar-refractivity contribution in [2.24, 2.45) is 0 Å². The Bertz CT molecular complexity index is 334. The maximum atomic E-state index is 5.88. The lowest BCUT2D eigenvalue weighted by molar-refractivity contribution is 0.271. The van der Waals surface area contributed by atoms with E-state index in [4.69, 9.17) is 5.73 Å². The normalized spacial score (nSPS) is 17.8. The van der Waals surface area contributed by atoms with Crippen molar-refractivity contribution in [3.63, 3.8) is 0 Å². The summed E-state index contributed by atoms with van der Waals surface area (Å²) in [6.45, 7) is 10.0. The number of nitrogens with two attached hydrogens (primary N) is 1. The van der Waals surface area contributed by atoms with Crippen LogP contribution in [0.25, 0.3) is 0 Å². The van der Waals surface area contributed by atoms with E-state index in [-0.39, 0.29) is 0 Å². The zero-order valence-electron chi connectivity index (χ0n) is 10.2. The predicted molar refractivity (Wildman–Crippen MR) is 69.9 cm³/mol. The summed E-state index contributed by atoms with van der Waals surface area (Å²) in [7, 11) is 0. The number of aryl methyl sites for hydroxylation is 1. The fourth-order valence-corrected chi connectivity index (χ4v) is 2.30. The number of hydrogen-bond donors (Lipinski definition) is 1. The minimum atomic E-state index is 0.868. The molecule has 0 bridgehead atoms. The second-order valence-electron chi connectivity index (χ2n) is 4.52. The summed E-state index contributed by atoms with van der Waals surface area (Å²) in [6, 6.07) is 6.32. The lowest BCUT2D eigenvalue weighted by atomic mass is 10.1. The molecule has 1 aromatic rings. The lowest BCUT2D eigenvalue weighted by Crippen LogP contribution is -2.46. The molecule has 0 radical (unpaired) electrons. The van der Waals surface area contributed by atoms with Gasteiger partial charge in [0.05, 0.1) is 0 Å². The number of anilines is 2. The molecule has 88 valence electrons. The molecule has 1 heterocycles. The summed E-state index contributed by atoms with van der Waals surface area (Å²) in [5.41, 5.74) is 9.27. The van der Waals surface area contributed by atoms with Gasteiger partial charge in [-0.3, -0.25) is 0 Å². The highest BCUT2D eigenvalue weighted by Gasteiger charge is 2.15. The van der Waals surface area contributed by atoms with Crippen molar-refractivity contribution in [2.75, 3.05) is 43.4 Å². The van der Waals surface area contributed by atoms with Crippen LogP contribution < -0.4 is 10.6 Å². The molecule has 1 aromatic carbocycles. The summed E-state index contributed by atoms with van der Waals surface area (Å²) < 4.78 is 0. The van der Waals surface area contributed by atoms with Gasteiger partial charge in [0.1, 0.15) is 0 Å². The Kier molecular flexibility index (Phi) is 3.34. The molecule has 0 spiro atoms. The molecular formula is C13H21N3. The Morgan fingerprint density at radius 3 is 2.38 bits per heavy atom. The quantitative estimate of drug-likeness (QED) is 0.769. The second kappa shape index (κ2) is 4.74. The highest BCUT2D eigenvalue weighted by molar-refractivity contribution is 5.58. The van der Waals surface area contributed by atoms with Crippen molar-refractivity contribution in [1.82, 2.24) is 4.90 Å². The number of nitrogens with zero attached hydrogens (tertiary/aromatic N) is 2. The van der Waals surface area contributed by atoms with E-state index in [1.54, 1.807) is 0 Å². The van der Waals surface area contributed by atoms with Gasteiger partial charge in [-0.05, 0) is 37.2 Å². The molecule has 0 aromatic heterocycles. The minimum absolute atomic E-state index is 0.868. The predicted octanol–water partition coefficient (Wildman–Crippen LogP) is 1.72. The zero-order valence-corrected chi connectivity index (χ0v) is 10.2. The lowest BCUT2D eigenvalue weighted by Gasteiger charge is -2.35. The van der Waals surface area contributed by atoms with Crippen LogP contribution in [0.1, 0.15) is 12.5 Å². The standard InChI is InChI=1S/C13H21N3/c1-3-15-4-6-16(7-5-15)13-9-11(2)8-12(14)10-13/h8-10H,3-7,14H2,1-2H3. The van der Waals surface area contributed by atoms with Crippen molar-refractivity contribution >= 4 is 11.4 Å². The van der Waals surface area contributed by atoms with E-state index in [0.29, 0.717) is 0 Å². The molecular weight excluding hydrogens is 198 g/mol. The van der Waals surface area contributed by atoms with Crippen LogP contribution in [0, 0.1) is 6.92 Å². The molecule has 0 saturated carbocycles. The van der Waals surface area contributed by atoms with Crippen LogP contribution in [0.4, 0.5) is 11.4 Å². The third kappa shape index (κ3) is 2.47. The summed E-state index contributed by atoms with van der Waals surface area (Å²) in [5, 5.41) is 0. The second-order valence-corrected chi connectivity index (χ2v) is 4.52. The summed E-state index contributed by atoms with van der Waals surface area (Å²) >= 11 is 0.